The van der Waals surface area contributed by atoms with Gasteiger partial charge in [-0.3, -0.25) is 4.79 Å². The molecule has 7 nitrogen and oxygen atoms in total. The molecule has 1 amide bonds. The SMILES string of the molecule is CCCC(NC(=O)CC(N)c1ccccc1)c1nn[nH]n1. The van der Waals surface area contributed by atoms with Crippen LogP contribution in [0.3, 0.4) is 0 Å². The van der Waals surface area contributed by atoms with Crippen molar-refractivity contribution in [2.24, 2.45) is 5.73 Å². The van der Waals surface area contributed by atoms with Crippen LogP contribution < -0.4 is 11.1 Å². The van der Waals surface area contributed by atoms with E-state index in [4.69, 9.17) is 5.73 Å². The summed E-state index contributed by atoms with van der Waals surface area (Å²) in [6, 6.07) is 9.02. The van der Waals surface area contributed by atoms with Crippen molar-refractivity contribution < 1.29 is 4.79 Å². The number of hydrogen-bond acceptors (Lipinski definition) is 5. The molecule has 21 heavy (non-hydrogen) atoms. The number of nitrogens with zero attached hydrogens (tertiary/aromatic N) is 3. The second kappa shape index (κ2) is 7.49. The highest BCUT2D eigenvalue weighted by atomic mass is 16.1. The van der Waals surface area contributed by atoms with E-state index in [-0.39, 0.29) is 24.4 Å². The topological polar surface area (TPSA) is 110 Å². The molecule has 1 aromatic heterocycles. The van der Waals surface area contributed by atoms with E-state index in [1.54, 1.807) is 0 Å². The van der Waals surface area contributed by atoms with Crippen LogP contribution in [-0.4, -0.2) is 26.5 Å². The fraction of sp³-hybridized carbons (Fsp3) is 0.429. The molecular weight excluding hydrogens is 268 g/mol. The number of nitrogens with two attached hydrogens (primary N) is 1. The van der Waals surface area contributed by atoms with Crippen molar-refractivity contribution in [1.82, 2.24) is 25.9 Å². The van der Waals surface area contributed by atoms with Gasteiger partial charge in [0.15, 0.2) is 5.82 Å². The summed E-state index contributed by atoms with van der Waals surface area (Å²) < 4.78 is 0. The first kappa shape index (κ1) is 15.1. The fourth-order valence-corrected chi connectivity index (χ4v) is 2.14. The highest BCUT2D eigenvalue weighted by Crippen LogP contribution is 2.16. The molecule has 0 spiro atoms. The maximum absolute atomic E-state index is 12.1. The molecule has 1 aromatic carbocycles. The molecule has 0 bridgehead atoms. The quantitative estimate of drug-likeness (QED) is 0.710. The molecule has 0 fully saturated rings. The van der Waals surface area contributed by atoms with E-state index < -0.39 is 0 Å². The van der Waals surface area contributed by atoms with Crippen LogP contribution in [0.25, 0.3) is 0 Å². The van der Waals surface area contributed by atoms with E-state index >= 15 is 0 Å². The molecule has 0 radical (unpaired) electrons. The van der Waals surface area contributed by atoms with Crippen LogP contribution in [0.2, 0.25) is 0 Å². The van der Waals surface area contributed by atoms with Crippen LogP contribution in [0.1, 0.15) is 49.7 Å². The van der Waals surface area contributed by atoms with Gasteiger partial charge in [0.2, 0.25) is 5.91 Å². The molecule has 1 heterocycles. The minimum absolute atomic E-state index is 0.116. The van der Waals surface area contributed by atoms with E-state index in [2.05, 4.69) is 25.9 Å². The Labute approximate surface area is 123 Å². The molecule has 0 saturated heterocycles. The number of benzene rings is 1. The fourth-order valence-electron chi connectivity index (χ4n) is 2.14. The second-order valence-corrected chi connectivity index (χ2v) is 4.90. The summed E-state index contributed by atoms with van der Waals surface area (Å²) in [5.74, 6) is 0.382. The first-order valence-corrected chi connectivity index (χ1v) is 7.04. The zero-order valence-electron chi connectivity index (χ0n) is 12.0. The zero-order valence-corrected chi connectivity index (χ0v) is 12.0. The minimum atomic E-state index is -0.321. The zero-order chi connectivity index (χ0) is 15.1. The number of tetrazole rings is 1. The molecule has 0 aliphatic heterocycles. The number of aromatic nitrogens is 4. The van der Waals surface area contributed by atoms with Gasteiger partial charge in [0.1, 0.15) is 0 Å². The van der Waals surface area contributed by atoms with Gasteiger partial charge in [-0.15, -0.1) is 10.2 Å². The van der Waals surface area contributed by atoms with Crippen molar-refractivity contribution in [1.29, 1.82) is 0 Å². The Morgan fingerprint density at radius 2 is 2.14 bits per heavy atom. The molecule has 112 valence electrons. The third kappa shape index (κ3) is 4.35. The Kier molecular flexibility index (Phi) is 5.39. The van der Waals surface area contributed by atoms with Crippen LogP contribution in [0.15, 0.2) is 30.3 Å². The summed E-state index contributed by atoms with van der Waals surface area (Å²) >= 11 is 0. The van der Waals surface area contributed by atoms with Crippen LogP contribution in [-0.2, 0) is 4.79 Å². The van der Waals surface area contributed by atoms with Gasteiger partial charge < -0.3 is 11.1 Å². The lowest BCUT2D eigenvalue weighted by Gasteiger charge is -2.17. The van der Waals surface area contributed by atoms with E-state index in [0.29, 0.717) is 5.82 Å². The summed E-state index contributed by atoms with van der Waals surface area (Å²) in [6.45, 7) is 2.04. The van der Waals surface area contributed by atoms with Crippen molar-refractivity contribution in [3.8, 4) is 0 Å². The number of nitrogens with one attached hydrogen (secondary N) is 2. The molecular formula is C14H20N6O. The lowest BCUT2D eigenvalue weighted by Crippen LogP contribution is -2.31. The van der Waals surface area contributed by atoms with E-state index in [0.717, 1.165) is 18.4 Å². The standard InChI is InChI=1S/C14H20N6O/c1-2-6-12(14-17-19-20-18-14)16-13(21)9-11(15)10-7-4-3-5-8-10/h3-5,7-8,11-12H,2,6,9,15H2,1H3,(H,16,21)(H,17,18,19,20). The van der Waals surface area contributed by atoms with Gasteiger partial charge in [-0.1, -0.05) is 48.9 Å². The van der Waals surface area contributed by atoms with Crippen LogP contribution in [0, 0.1) is 0 Å². The number of H-pyrrole nitrogens is 1. The maximum Gasteiger partial charge on any atom is 0.222 e. The highest BCUT2D eigenvalue weighted by Gasteiger charge is 2.19. The molecule has 2 unspecified atom stereocenters. The lowest BCUT2D eigenvalue weighted by atomic mass is 10.0. The number of carbonyl (C=O) groups is 1. The minimum Gasteiger partial charge on any atom is -0.346 e. The Balaban J connectivity index is 1.93. The summed E-state index contributed by atoms with van der Waals surface area (Å²) in [5, 5.41) is 16.7. The molecule has 2 aromatic rings. The molecule has 0 saturated carbocycles. The summed E-state index contributed by atoms with van der Waals surface area (Å²) in [5.41, 5.74) is 7.00. The number of rotatable bonds is 7. The van der Waals surface area contributed by atoms with Crippen molar-refractivity contribution in [2.45, 2.75) is 38.3 Å². The number of carbonyl (C=O) groups excluding carboxylic acids is 1. The van der Waals surface area contributed by atoms with E-state index in [9.17, 15) is 4.79 Å². The molecule has 2 rings (SSSR count). The molecule has 4 N–H and O–H groups in total. The number of aromatic amines is 1. The first-order chi connectivity index (χ1) is 10.2. The Morgan fingerprint density at radius 1 is 1.38 bits per heavy atom. The highest BCUT2D eigenvalue weighted by molar-refractivity contribution is 5.77. The lowest BCUT2D eigenvalue weighted by molar-refractivity contribution is -0.122. The van der Waals surface area contributed by atoms with Gasteiger partial charge in [0, 0.05) is 12.5 Å². The molecule has 0 aliphatic rings. The second-order valence-electron chi connectivity index (χ2n) is 4.90. The van der Waals surface area contributed by atoms with Crippen LogP contribution in [0.4, 0.5) is 0 Å². The van der Waals surface area contributed by atoms with Crippen LogP contribution in [0.5, 0.6) is 0 Å². The van der Waals surface area contributed by atoms with Gasteiger partial charge in [0.05, 0.1) is 6.04 Å². The van der Waals surface area contributed by atoms with Crippen molar-refractivity contribution in [2.75, 3.05) is 0 Å². The average molecular weight is 288 g/mol. The Morgan fingerprint density at radius 3 is 2.76 bits per heavy atom. The predicted molar refractivity (Wildman–Crippen MR) is 78.0 cm³/mol. The number of hydrogen-bond donors (Lipinski definition) is 3. The normalized spacial score (nSPS) is 13.6. The van der Waals surface area contributed by atoms with Crippen LogP contribution >= 0.6 is 0 Å². The first-order valence-electron chi connectivity index (χ1n) is 7.04. The molecule has 2 atom stereocenters. The van der Waals surface area contributed by atoms with Gasteiger partial charge in [-0.25, -0.2) is 0 Å². The number of amides is 1. The van der Waals surface area contributed by atoms with Gasteiger partial charge in [0.25, 0.3) is 0 Å². The summed E-state index contributed by atoms with van der Waals surface area (Å²) in [4.78, 5) is 12.1. The monoisotopic (exact) mass is 288 g/mol. The van der Waals surface area contributed by atoms with Gasteiger partial charge in [-0.05, 0) is 12.0 Å². The third-order valence-electron chi connectivity index (χ3n) is 3.22. The van der Waals surface area contributed by atoms with E-state index in [1.807, 2.05) is 37.3 Å². The largest absolute Gasteiger partial charge is 0.346 e. The van der Waals surface area contributed by atoms with Crippen molar-refractivity contribution >= 4 is 5.91 Å². The van der Waals surface area contributed by atoms with Crippen molar-refractivity contribution in [3.63, 3.8) is 0 Å². The third-order valence-corrected chi connectivity index (χ3v) is 3.22. The maximum atomic E-state index is 12.1. The average Bonchev–Trinajstić information content (AvgIpc) is 3.02. The summed E-state index contributed by atoms with van der Waals surface area (Å²) in [6.07, 6.45) is 1.89. The summed E-state index contributed by atoms with van der Waals surface area (Å²) in [7, 11) is 0. The molecule has 7 heteroatoms. The van der Waals surface area contributed by atoms with Gasteiger partial charge >= 0.3 is 0 Å². The Bertz CT molecular complexity index is 542. The van der Waals surface area contributed by atoms with Gasteiger partial charge in [-0.2, -0.15) is 5.21 Å². The Hall–Kier alpha value is -2.28. The predicted octanol–water partition coefficient (Wildman–Crippen LogP) is 1.25. The van der Waals surface area contributed by atoms with Crippen molar-refractivity contribution in [3.05, 3.63) is 41.7 Å². The smallest absolute Gasteiger partial charge is 0.222 e. The van der Waals surface area contributed by atoms with E-state index in [1.165, 1.54) is 0 Å². The molecule has 0 aliphatic carbocycles.